The predicted octanol–water partition coefficient (Wildman–Crippen LogP) is 0.920. The van der Waals surface area contributed by atoms with Crippen LogP contribution in [-0.2, 0) is 6.42 Å². The molecule has 0 radical (unpaired) electrons. The molecule has 0 aliphatic carbocycles. The average molecular weight is 320 g/mol. The highest BCUT2D eigenvalue weighted by Crippen LogP contribution is 2.28. The summed E-state index contributed by atoms with van der Waals surface area (Å²) in [6.45, 7) is 0. The highest BCUT2D eigenvalue weighted by molar-refractivity contribution is 5.96. The summed E-state index contributed by atoms with van der Waals surface area (Å²) in [5, 5.41) is 1.83. The van der Waals surface area contributed by atoms with Gasteiger partial charge < -0.3 is 4.98 Å². The second kappa shape index (κ2) is 5.15. The number of rotatable bonds is 2. The first kappa shape index (κ1) is 13.7. The molecule has 0 bridgehead atoms. The zero-order valence-corrected chi connectivity index (χ0v) is 12.8. The second-order valence-electron chi connectivity index (χ2n) is 5.95. The number of nitrogens with one attached hydrogen (secondary N) is 5. The molecular weight excluding hydrogens is 304 g/mol. The zero-order chi connectivity index (χ0) is 16.1. The molecule has 0 spiro atoms. The van der Waals surface area contributed by atoms with Gasteiger partial charge in [0.1, 0.15) is 5.65 Å². The molecule has 7 nitrogen and oxygen atoms in total. The monoisotopic (exact) mass is 320 g/mol. The van der Waals surface area contributed by atoms with Crippen LogP contribution in [0.2, 0.25) is 0 Å². The molecule has 5 rings (SSSR count). The molecule has 2 aromatic heterocycles. The Hall–Kier alpha value is -2.71. The van der Waals surface area contributed by atoms with Crippen molar-refractivity contribution in [1.82, 2.24) is 31.3 Å². The van der Waals surface area contributed by atoms with E-state index in [4.69, 9.17) is 0 Å². The molecule has 5 N–H and O–H groups in total. The summed E-state index contributed by atoms with van der Waals surface area (Å²) in [5.41, 5.74) is 15.8. The SMILES string of the molecule is O=c1[nH]c2c(CC3NNNN3)c3ccccc3n2c2ccccc12. The van der Waals surface area contributed by atoms with Crippen molar-refractivity contribution in [2.45, 2.75) is 12.6 Å². The molecule has 1 saturated heterocycles. The van der Waals surface area contributed by atoms with Crippen LogP contribution in [0.5, 0.6) is 0 Å². The maximum absolute atomic E-state index is 12.5. The van der Waals surface area contributed by atoms with E-state index in [1.807, 2.05) is 36.4 Å². The van der Waals surface area contributed by atoms with Crippen LogP contribution < -0.4 is 27.5 Å². The van der Waals surface area contributed by atoms with Gasteiger partial charge in [-0.1, -0.05) is 30.3 Å². The van der Waals surface area contributed by atoms with Gasteiger partial charge in [-0.15, -0.1) is 0 Å². The number of aromatic nitrogens is 2. The topological polar surface area (TPSA) is 85.4 Å². The van der Waals surface area contributed by atoms with Crippen molar-refractivity contribution in [3.05, 3.63) is 64.4 Å². The first-order valence-electron chi connectivity index (χ1n) is 7.87. The van der Waals surface area contributed by atoms with Crippen molar-refractivity contribution >= 4 is 27.5 Å². The molecule has 0 saturated carbocycles. The first-order valence-corrected chi connectivity index (χ1v) is 7.87. The van der Waals surface area contributed by atoms with E-state index in [1.165, 1.54) is 0 Å². The largest absolute Gasteiger partial charge is 0.307 e. The van der Waals surface area contributed by atoms with Crippen LogP contribution >= 0.6 is 0 Å². The molecule has 1 aliphatic rings. The van der Waals surface area contributed by atoms with Crippen LogP contribution in [0.4, 0.5) is 0 Å². The lowest BCUT2D eigenvalue weighted by atomic mass is 10.1. The number of hydrogen-bond donors (Lipinski definition) is 5. The van der Waals surface area contributed by atoms with E-state index >= 15 is 0 Å². The highest BCUT2D eigenvalue weighted by atomic mass is 16.1. The van der Waals surface area contributed by atoms with E-state index in [1.54, 1.807) is 0 Å². The van der Waals surface area contributed by atoms with Crippen molar-refractivity contribution in [1.29, 1.82) is 0 Å². The molecule has 0 unspecified atom stereocenters. The minimum absolute atomic E-state index is 0.0228. The number of nitrogens with zero attached hydrogens (tertiary/aromatic N) is 1. The van der Waals surface area contributed by atoms with Crippen LogP contribution in [0.3, 0.4) is 0 Å². The molecule has 0 atom stereocenters. The number of aromatic amines is 1. The summed E-state index contributed by atoms with van der Waals surface area (Å²) in [4.78, 5) is 15.6. The number of benzene rings is 2. The Labute approximate surface area is 136 Å². The number of fused-ring (bicyclic) bond motifs is 5. The third kappa shape index (κ3) is 1.90. The van der Waals surface area contributed by atoms with Crippen LogP contribution in [-0.4, -0.2) is 15.6 Å². The molecule has 24 heavy (non-hydrogen) atoms. The quantitative estimate of drug-likeness (QED) is 0.379. The summed E-state index contributed by atoms with van der Waals surface area (Å²) < 4.78 is 2.14. The second-order valence-corrected chi connectivity index (χ2v) is 5.95. The normalized spacial score (nSPS) is 15.8. The number of para-hydroxylation sites is 2. The van der Waals surface area contributed by atoms with Gasteiger partial charge in [0.2, 0.25) is 0 Å². The Morgan fingerprint density at radius 2 is 1.50 bits per heavy atom. The number of hydrazine groups is 3. The molecule has 1 aliphatic heterocycles. The Bertz CT molecular complexity index is 1120. The van der Waals surface area contributed by atoms with Crippen molar-refractivity contribution in [2.75, 3.05) is 0 Å². The lowest BCUT2D eigenvalue weighted by molar-refractivity contribution is 0.525. The highest BCUT2D eigenvalue weighted by Gasteiger charge is 2.20. The third-order valence-corrected chi connectivity index (χ3v) is 4.56. The van der Waals surface area contributed by atoms with Gasteiger partial charge >= 0.3 is 0 Å². The maximum atomic E-state index is 12.5. The van der Waals surface area contributed by atoms with E-state index in [-0.39, 0.29) is 11.7 Å². The molecule has 4 aromatic rings. The van der Waals surface area contributed by atoms with E-state index in [2.05, 4.69) is 43.4 Å². The van der Waals surface area contributed by atoms with Gasteiger partial charge in [-0.3, -0.25) is 9.20 Å². The van der Waals surface area contributed by atoms with Crippen LogP contribution in [0.1, 0.15) is 5.56 Å². The van der Waals surface area contributed by atoms with Gasteiger partial charge in [-0.05, 0) is 18.2 Å². The molecule has 2 aromatic carbocycles. The summed E-state index contributed by atoms with van der Waals surface area (Å²) in [6, 6.07) is 15.9. The van der Waals surface area contributed by atoms with E-state index < -0.39 is 0 Å². The molecule has 120 valence electrons. The van der Waals surface area contributed by atoms with Crippen LogP contribution in [0.25, 0.3) is 27.5 Å². The zero-order valence-electron chi connectivity index (χ0n) is 12.8. The predicted molar refractivity (Wildman–Crippen MR) is 93.1 cm³/mol. The van der Waals surface area contributed by atoms with Gasteiger partial charge in [0.05, 0.1) is 22.6 Å². The molecular formula is C17H16N6O. The van der Waals surface area contributed by atoms with Crippen LogP contribution in [0.15, 0.2) is 53.3 Å². The van der Waals surface area contributed by atoms with Crippen LogP contribution in [0, 0.1) is 0 Å². The number of hydrogen-bond acceptors (Lipinski definition) is 5. The van der Waals surface area contributed by atoms with Gasteiger partial charge in [0, 0.05) is 17.4 Å². The smallest absolute Gasteiger partial charge is 0.258 e. The lowest BCUT2D eigenvalue weighted by Gasteiger charge is -2.09. The Kier molecular flexibility index (Phi) is 2.94. The van der Waals surface area contributed by atoms with Crippen molar-refractivity contribution < 1.29 is 0 Å². The third-order valence-electron chi connectivity index (χ3n) is 4.56. The molecule has 7 heteroatoms. The molecule has 0 amide bonds. The number of H-pyrrole nitrogens is 1. The van der Waals surface area contributed by atoms with Gasteiger partial charge in [-0.2, -0.15) is 11.1 Å². The van der Waals surface area contributed by atoms with Crippen molar-refractivity contribution in [3.8, 4) is 0 Å². The van der Waals surface area contributed by atoms with E-state index in [9.17, 15) is 4.79 Å². The Morgan fingerprint density at radius 3 is 2.25 bits per heavy atom. The minimum atomic E-state index is -0.0641. The Balaban J connectivity index is 1.91. The van der Waals surface area contributed by atoms with Gasteiger partial charge in [-0.25, -0.2) is 10.9 Å². The summed E-state index contributed by atoms with van der Waals surface area (Å²) >= 11 is 0. The van der Waals surface area contributed by atoms with Gasteiger partial charge in [0.15, 0.2) is 0 Å². The standard InChI is InChI=1S/C17H16N6O/c24-17-11-6-2-4-8-14(11)23-13-7-3-1-5-10(13)12(16(23)18-17)9-15-19-21-22-20-15/h1-8,15,19-22H,9H2,(H,18,24). The van der Waals surface area contributed by atoms with Crippen molar-refractivity contribution in [3.63, 3.8) is 0 Å². The Morgan fingerprint density at radius 1 is 0.875 bits per heavy atom. The molecule has 1 fully saturated rings. The lowest BCUT2D eigenvalue weighted by Crippen LogP contribution is -2.35. The van der Waals surface area contributed by atoms with Gasteiger partial charge in [0.25, 0.3) is 5.56 Å². The van der Waals surface area contributed by atoms with E-state index in [0.717, 1.165) is 27.6 Å². The fourth-order valence-corrected chi connectivity index (χ4v) is 3.52. The fraction of sp³-hybridized carbons (Fsp3) is 0.118. The average Bonchev–Trinajstić information content (AvgIpc) is 3.23. The summed E-state index contributed by atoms with van der Waals surface area (Å²) in [6.07, 6.45) is 0.736. The summed E-state index contributed by atoms with van der Waals surface area (Å²) in [5.74, 6) is 0. The summed E-state index contributed by atoms with van der Waals surface area (Å²) in [7, 11) is 0. The molecule has 3 heterocycles. The minimum Gasteiger partial charge on any atom is -0.307 e. The maximum Gasteiger partial charge on any atom is 0.258 e. The van der Waals surface area contributed by atoms with E-state index in [0.29, 0.717) is 11.8 Å². The van der Waals surface area contributed by atoms with Crippen molar-refractivity contribution in [2.24, 2.45) is 0 Å². The first-order chi connectivity index (χ1) is 11.8. The fourth-order valence-electron chi connectivity index (χ4n) is 3.52.